The van der Waals surface area contributed by atoms with Crippen LogP contribution in [-0.2, 0) is 4.74 Å². The fourth-order valence-corrected chi connectivity index (χ4v) is 5.44. The number of nitrogens with one attached hydrogen (secondary N) is 2. The summed E-state index contributed by atoms with van der Waals surface area (Å²) in [5.74, 6) is 0.145. The Balaban J connectivity index is 1.40. The van der Waals surface area contributed by atoms with Crippen LogP contribution in [0.4, 0.5) is 0 Å². The number of hydrogen-bond donors (Lipinski definition) is 3. The lowest BCUT2D eigenvalue weighted by atomic mass is 9.61. The third-order valence-corrected chi connectivity index (χ3v) is 7.50. The second kappa shape index (κ2) is 7.04. The predicted molar refractivity (Wildman–Crippen MR) is 114 cm³/mol. The van der Waals surface area contributed by atoms with E-state index in [2.05, 4.69) is 39.6 Å². The van der Waals surface area contributed by atoms with Crippen molar-refractivity contribution in [3.05, 3.63) is 30.6 Å². The monoisotopic (exact) mass is 427 g/mol. The first-order valence-corrected chi connectivity index (χ1v) is 10.8. The molecule has 4 atom stereocenters. The van der Waals surface area contributed by atoms with Crippen molar-refractivity contribution in [1.82, 2.24) is 25.7 Å². The van der Waals surface area contributed by atoms with Crippen LogP contribution in [0.1, 0.15) is 26.7 Å². The molecule has 2 aliphatic heterocycles. The molecule has 158 valence electrons. The van der Waals surface area contributed by atoms with E-state index in [9.17, 15) is 5.11 Å². The summed E-state index contributed by atoms with van der Waals surface area (Å²) in [7, 11) is 1.74. The van der Waals surface area contributed by atoms with Crippen LogP contribution in [0, 0.1) is 5.41 Å². The Morgan fingerprint density at radius 2 is 2.03 bits per heavy atom. The highest BCUT2D eigenvalue weighted by Gasteiger charge is 2.58. The van der Waals surface area contributed by atoms with Crippen molar-refractivity contribution in [3.8, 4) is 32.6 Å². The van der Waals surface area contributed by atoms with Crippen LogP contribution in [0.2, 0.25) is 0 Å². The maximum absolute atomic E-state index is 10.6. The molecule has 8 nitrogen and oxygen atoms in total. The number of ether oxygens (including phenoxy) is 2. The SMILES string of the molecule is COC1[C@H](Oc2nnc(-c3ccc(-c4cn[nH]c4)cc3O)s2)[C@]2(C)CC[C@@]1(C)NC2. The van der Waals surface area contributed by atoms with Gasteiger partial charge in [-0.15, -0.1) is 5.10 Å². The highest BCUT2D eigenvalue weighted by Crippen LogP contribution is 2.48. The van der Waals surface area contributed by atoms with Gasteiger partial charge in [0.2, 0.25) is 0 Å². The van der Waals surface area contributed by atoms with Crippen molar-refractivity contribution >= 4 is 11.3 Å². The minimum absolute atomic E-state index is 0.0291. The predicted octanol–water partition coefficient (Wildman–Crippen LogP) is 3.23. The lowest BCUT2D eigenvalue weighted by Gasteiger charge is -2.58. The van der Waals surface area contributed by atoms with Crippen molar-refractivity contribution < 1.29 is 14.6 Å². The van der Waals surface area contributed by atoms with Crippen LogP contribution in [0.3, 0.4) is 0 Å². The number of rotatable bonds is 5. The average Bonchev–Trinajstić information content (AvgIpc) is 3.42. The van der Waals surface area contributed by atoms with Crippen molar-refractivity contribution in [2.24, 2.45) is 5.41 Å². The first-order chi connectivity index (χ1) is 14.4. The van der Waals surface area contributed by atoms with Gasteiger partial charge in [-0.1, -0.05) is 29.4 Å². The van der Waals surface area contributed by atoms with Gasteiger partial charge in [0.25, 0.3) is 5.19 Å². The average molecular weight is 428 g/mol. The molecule has 1 unspecified atom stereocenters. The molecule has 1 saturated carbocycles. The molecule has 6 rings (SSSR count). The molecule has 2 saturated heterocycles. The van der Waals surface area contributed by atoms with E-state index in [1.807, 2.05) is 12.1 Å². The summed E-state index contributed by atoms with van der Waals surface area (Å²) < 4.78 is 12.2. The van der Waals surface area contributed by atoms with Gasteiger partial charge in [-0.05, 0) is 37.5 Å². The van der Waals surface area contributed by atoms with Crippen LogP contribution in [0.25, 0.3) is 21.7 Å². The van der Waals surface area contributed by atoms with E-state index in [-0.39, 0.29) is 28.9 Å². The minimum Gasteiger partial charge on any atom is -0.507 e. The third-order valence-electron chi connectivity index (χ3n) is 6.65. The maximum Gasteiger partial charge on any atom is 0.294 e. The van der Waals surface area contributed by atoms with Crippen molar-refractivity contribution in [2.75, 3.05) is 13.7 Å². The Bertz CT molecular complexity index is 1040. The molecule has 2 bridgehead atoms. The molecule has 0 radical (unpaired) electrons. The molecule has 0 spiro atoms. The number of piperidine rings is 2. The van der Waals surface area contributed by atoms with Gasteiger partial charge >= 0.3 is 0 Å². The maximum atomic E-state index is 10.6. The zero-order chi connectivity index (χ0) is 20.9. The molecule has 3 fully saturated rings. The number of aromatic amines is 1. The second-order valence-electron chi connectivity index (χ2n) is 8.71. The highest BCUT2D eigenvalue weighted by molar-refractivity contribution is 7.16. The van der Waals surface area contributed by atoms with E-state index in [0.29, 0.717) is 15.8 Å². The first-order valence-electron chi connectivity index (χ1n) is 10.0. The van der Waals surface area contributed by atoms with Crippen LogP contribution in [0.15, 0.2) is 30.6 Å². The Hall–Kier alpha value is -2.49. The standard InChI is InChI=1S/C21H25N5O3S/c1-20-6-7-21(2,22-11-20)17(28-3)16(20)29-19-26-25-18(30-19)14-5-4-12(8-15(14)27)13-9-23-24-10-13/h4-5,8-10,16-17,22,27H,6-7,11H2,1-3H3,(H,23,24)/t16-,17?,20+,21+/m0/s1. The molecule has 3 N–H and O–H groups in total. The summed E-state index contributed by atoms with van der Waals surface area (Å²) in [5.41, 5.74) is 2.28. The van der Waals surface area contributed by atoms with Crippen LogP contribution in [-0.4, -0.2) is 56.9 Å². The van der Waals surface area contributed by atoms with Crippen molar-refractivity contribution in [2.45, 2.75) is 44.4 Å². The minimum atomic E-state index is -0.111. The fraction of sp³-hybridized carbons (Fsp3) is 0.476. The van der Waals surface area contributed by atoms with E-state index in [1.54, 1.807) is 25.6 Å². The van der Waals surface area contributed by atoms with Crippen LogP contribution >= 0.6 is 11.3 Å². The number of phenolic OH excluding ortho intramolecular Hbond substituents is 1. The van der Waals surface area contributed by atoms with Crippen molar-refractivity contribution in [3.63, 3.8) is 0 Å². The summed E-state index contributed by atoms with van der Waals surface area (Å²) in [6, 6.07) is 5.47. The fourth-order valence-electron chi connectivity index (χ4n) is 4.67. The Morgan fingerprint density at radius 3 is 2.70 bits per heavy atom. The molecule has 1 aliphatic carbocycles. The van der Waals surface area contributed by atoms with Gasteiger partial charge in [-0.3, -0.25) is 5.10 Å². The van der Waals surface area contributed by atoms with Gasteiger partial charge in [-0.2, -0.15) is 5.10 Å². The van der Waals surface area contributed by atoms with E-state index >= 15 is 0 Å². The van der Waals surface area contributed by atoms with E-state index in [4.69, 9.17) is 9.47 Å². The molecule has 30 heavy (non-hydrogen) atoms. The van der Waals surface area contributed by atoms with E-state index < -0.39 is 0 Å². The highest BCUT2D eigenvalue weighted by atomic mass is 32.1. The molecular weight excluding hydrogens is 402 g/mol. The molecule has 0 amide bonds. The quantitative estimate of drug-likeness (QED) is 0.574. The van der Waals surface area contributed by atoms with Gasteiger partial charge < -0.3 is 19.9 Å². The van der Waals surface area contributed by atoms with Gasteiger partial charge in [-0.25, -0.2) is 0 Å². The molecule has 3 aromatic rings. The Labute approximate surface area is 178 Å². The number of benzene rings is 1. The number of aromatic nitrogens is 4. The molecule has 3 aliphatic rings. The van der Waals surface area contributed by atoms with Gasteiger partial charge in [0.15, 0.2) is 5.01 Å². The van der Waals surface area contributed by atoms with Crippen LogP contribution < -0.4 is 10.1 Å². The molecule has 1 aromatic carbocycles. The summed E-state index contributed by atoms with van der Waals surface area (Å²) in [4.78, 5) is 0. The zero-order valence-corrected chi connectivity index (χ0v) is 18.0. The van der Waals surface area contributed by atoms with Crippen molar-refractivity contribution in [1.29, 1.82) is 0 Å². The second-order valence-corrected chi connectivity index (χ2v) is 9.65. The molecular formula is C21H25N5O3S. The van der Waals surface area contributed by atoms with Gasteiger partial charge in [0, 0.05) is 36.4 Å². The van der Waals surface area contributed by atoms with E-state index in [0.717, 1.165) is 30.5 Å². The third kappa shape index (κ3) is 3.08. The molecule has 9 heteroatoms. The first kappa shape index (κ1) is 19.5. The van der Waals surface area contributed by atoms with Crippen LogP contribution in [0.5, 0.6) is 10.9 Å². The number of aromatic hydroxyl groups is 1. The lowest BCUT2D eigenvalue weighted by Crippen LogP contribution is -2.74. The summed E-state index contributed by atoms with van der Waals surface area (Å²) in [6.07, 6.45) is 5.44. The largest absolute Gasteiger partial charge is 0.507 e. The zero-order valence-electron chi connectivity index (χ0n) is 17.2. The molecule has 4 heterocycles. The smallest absolute Gasteiger partial charge is 0.294 e. The van der Waals surface area contributed by atoms with E-state index in [1.165, 1.54) is 11.3 Å². The number of methoxy groups -OCH3 is 1. The summed E-state index contributed by atoms with van der Waals surface area (Å²) in [6.45, 7) is 5.31. The number of H-pyrrole nitrogens is 1. The lowest BCUT2D eigenvalue weighted by molar-refractivity contribution is -0.163. The van der Waals surface area contributed by atoms with Gasteiger partial charge in [0.05, 0.1) is 11.8 Å². The molecule has 2 aromatic heterocycles. The number of nitrogens with zero attached hydrogens (tertiary/aromatic N) is 3. The van der Waals surface area contributed by atoms with Gasteiger partial charge in [0.1, 0.15) is 18.0 Å². The number of fused-ring (bicyclic) bond motifs is 3. The topological polar surface area (TPSA) is 105 Å². The summed E-state index contributed by atoms with van der Waals surface area (Å²) in [5, 5.41) is 30.5. The Morgan fingerprint density at radius 1 is 1.17 bits per heavy atom. The number of hydrogen-bond acceptors (Lipinski definition) is 8. The summed E-state index contributed by atoms with van der Waals surface area (Å²) >= 11 is 1.34. The normalized spacial score (nSPS) is 30.5. The number of phenols is 1. The Kier molecular flexibility index (Phi) is 4.57.